The first-order valence-corrected chi connectivity index (χ1v) is 9.80. The van der Waals surface area contributed by atoms with Crippen molar-refractivity contribution in [3.8, 4) is 5.75 Å². The summed E-state index contributed by atoms with van der Waals surface area (Å²) in [5.41, 5.74) is 1.17. The molecule has 25 heavy (non-hydrogen) atoms. The van der Waals surface area contributed by atoms with Crippen molar-refractivity contribution >= 4 is 11.6 Å². The summed E-state index contributed by atoms with van der Waals surface area (Å²) >= 11 is 0. The third-order valence-corrected chi connectivity index (χ3v) is 5.62. The summed E-state index contributed by atoms with van der Waals surface area (Å²) in [6, 6.07) is 8.70. The van der Waals surface area contributed by atoms with Gasteiger partial charge < -0.3 is 19.9 Å². The molecular weight excluding hydrogens is 314 g/mol. The summed E-state index contributed by atoms with van der Waals surface area (Å²) in [5, 5.41) is 3.25. The van der Waals surface area contributed by atoms with Crippen LogP contribution in [0.1, 0.15) is 39.5 Å². The van der Waals surface area contributed by atoms with Gasteiger partial charge in [0, 0.05) is 6.04 Å². The predicted octanol–water partition coefficient (Wildman–Crippen LogP) is 1.24. The summed E-state index contributed by atoms with van der Waals surface area (Å²) < 4.78 is 5.76. The van der Waals surface area contributed by atoms with E-state index < -0.39 is 0 Å². The first-order valence-electron chi connectivity index (χ1n) is 9.80. The van der Waals surface area contributed by atoms with E-state index in [4.69, 9.17) is 4.74 Å². The van der Waals surface area contributed by atoms with E-state index in [-0.39, 0.29) is 11.9 Å². The number of nitrogens with zero attached hydrogens (tertiary/aromatic N) is 1. The SMILES string of the molecule is CCOc1ccccc1N1CC[NH+]([C@H](C)C(=O)NC2CCCC2)CC1. The van der Waals surface area contributed by atoms with Crippen molar-refractivity contribution in [2.24, 2.45) is 0 Å². The molecule has 5 heteroatoms. The number of piperazine rings is 1. The molecule has 2 aliphatic rings. The molecule has 1 aromatic carbocycles. The van der Waals surface area contributed by atoms with Gasteiger partial charge in [-0.25, -0.2) is 0 Å². The normalized spacial score (nSPS) is 20.5. The Morgan fingerprint density at radius 3 is 2.64 bits per heavy atom. The molecule has 1 saturated heterocycles. The highest BCUT2D eigenvalue weighted by Crippen LogP contribution is 2.27. The van der Waals surface area contributed by atoms with E-state index in [0.29, 0.717) is 12.6 Å². The lowest BCUT2D eigenvalue weighted by atomic mass is 10.1. The molecule has 3 rings (SSSR count). The van der Waals surface area contributed by atoms with Crippen LogP contribution in [0.25, 0.3) is 0 Å². The van der Waals surface area contributed by atoms with Gasteiger partial charge in [-0.15, -0.1) is 0 Å². The molecular formula is C20H32N3O2+. The number of hydrogen-bond donors (Lipinski definition) is 2. The molecule has 1 saturated carbocycles. The van der Waals surface area contributed by atoms with E-state index in [1.54, 1.807) is 0 Å². The van der Waals surface area contributed by atoms with Crippen molar-refractivity contribution in [1.82, 2.24) is 5.32 Å². The van der Waals surface area contributed by atoms with E-state index in [1.807, 2.05) is 19.1 Å². The fraction of sp³-hybridized carbons (Fsp3) is 0.650. The highest BCUT2D eigenvalue weighted by Gasteiger charge is 2.31. The fourth-order valence-electron chi connectivity index (χ4n) is 4.05. The van der Waals surface area contributed by atoms with E-state index in [9.17, 15) is 4.79 Å². The predicted molar refractivity (Wildman–Crippen MR) is 100 cm³/mol. The van der Waals surface area contributed by atoms with E-state index in [2.05, 4.69) is 29.3 Å². The minimum atomic E-state index is 0.0323. The number of carbonyl (C=O) groups excluding carboxylic acids is 1. The smallest absolute Gasteiger partial charge is 0.278 e. The summed E-state index contributed by atoms with van der Waals surface area (Å²) in [5.74, 6) is 1.19. The van der Waals surface area contributed by atoms with Gasteiger partial charge in [-0.1, -0.05) is 25.0 Å². The van der Waals surface area contributed by atoms with Crippen molar-refractivity contribution in [2.75, 3.05) is 37.7 Å². The summed E-state index contributed by atoms with van der Waals surface area (Å²) in [6.45, 7) is 8.66. The zero-order valence-corrected chi connectivity index (χ0v) is 15.6. The van der Waals surface area contributed by atoms with Crippen molar-refractivity contribution in [1.29, 1.82) is 0 Å². The number of rotatable bonds is 6. The summed E-state index contributed by atoms with van der Waals surface area (Å²) in [7, 11) is 0. The van der Waals surface area contributed by atoms with Crippen molar-refractivity contribution in [3.63, 3.8) is 0 Å². The van der Waals surface area contributed by atoms with Gasteiger partial charge in [0.15, 0.2) is 6.04 Å². The van der Waals surface area contributed by atoms with Crippen LogP contribution in [0, 0.1) is 0 Å². The van der Waals surface area contributed by atoms with E-state index in [0.717, 1.165) is 44.8 Å². The minimum Gasteiger partial charge on any atom is -0.492 e. The number of amides is 1. The Hall–Kier alpha value is -1.75. The van der Waals surface area contributed by atoms with Crippen LogP contribution in [-0.4, -0.2) is 50.8 Å². The van der Waals surface area contributed by atoms with E-state index in [1.165, 1.54) is 23.4 Å². The van der Waals surface area contributed by atoms with Crippen LogP contribution in [0.3, 0.4) is 0 Å². The molecule has 2 N–H and O–H groups in total. The number of benzene rings is 1. The number of anilines is 1. The number of quaternary nitrogens is 1. The lowest BCUT2D eigenvalue weighted by molar-refractivity contribution is -0.914. The van der Waals surface area contributed by atoms with Crippen molar-refractivity contribution in [2.45, 2.75) is 51.6 Å². The van der Waals surface area contributed by atoms with Crippen LogP contribution in [0.15, 0.2) is 24.3 Å². The van der Waals surface area contributed by atoms with Gasteiger partial charge in [-0.05, 0) is 38.8 Å². The number of para-hydroxylation sites is 2. The maximum atomic E-state index is 12.5. The van der Waals surface area contributed by atoms with Crippen molar-refractivity contribution < 1.29 is 14.4 Å². The van der Waals surface area contributed by atoms with Crippen LogP contribution in [0.2, 0.25) is 0 Å². The van der Waals surface area contributed by atoms with Gasteiger partial charge in [0.25, 0.3) is 5.91 Å². The van der Waals surface area contributed by atoms with Crippen LogP contribution < -0.4 is 19.9 Å². The van der Waals surface area contributed by atoms with E-state index >= 15 is 0 Å². The van der Waals surface area contributed by atoms with Crippen LogP contribution in [-0.2, 0) is 4.79 Å². The molecule has 0 unspecified atom stereocenters. The largest absolute Gasteiger partial charge is 0.492 e. The zero-order chi connectivity index (χ0) is 17.6. The molecule has 0 spiro atoms. The molecule has 5 nitrogen and oxygen atoms in total. The molecule has 138 valence electrons. The molecule has 1 aliphatic carbocycles. The Morgan fingerprint density at radius 2 is 1.96 bits per heavy atom. The lowest BCUT2D eigenvalue weighted by Gasteiger charge is -2.36. The Morgan fingerprint density at radius 1 is 1.28 bits per heavy atom. The quantitative estimate of drug-likeness (QED) is 0.815. The number of hydrogen-bond acceptors (Lipinski definition) is 3. The fourth-order valence-corrected chi connectivity index (χ4v) is 4.05. The monoisotopic (exact) mass is 346 g/mol. The molecule has 1 atom stereocenters. The minimum absolute atomic E-state index is 0.0323. The standard InChI is InChI=1S/C20H31N3O2/c1-3-25-19-11-7-6-10-18(19)23-14-12-22(13-15-23)16(2)20(24)21-17-8-4-5-9-17/h6-7,10-11,16-17H,3-5,8-9,12-15H2,1-2H3,(H,21,24)/p+1/t16-/m1/s1. The Kier molecular flexibility index (Phi) is 6.19. The number of nitrogens with one attached hydrogen (secondary N) is 2. The maximum Gasteiger partial charge on any atom is 0.278 e. The highest BCUT2D eigenvalue weighted by molar-refractivity contribution is 5.80. The topological polar surface area (TPSA) is 46.0 Å². The second kappa shape index (κ2) is 8.56. The zero-order valence-electron chi connectivity index (χ0n) is 15.6. The van der Waals surface area contributed by atoms with Gasteiger partial charge in [-0.3, -0.25) is 4.79 Å². The molecule has 1 aliphatic heterocycles. The molecule has 2 fully saturated rings. The molecule has 1 heterocycles. The van der Waals surface area contributed by atoms with Crippen molar-refractivity contribution in [3.05, 3.63) is 24.3 Å². The summed E-state index contributed by atoms with van der Waals surface area (Å²) in [4.78, 5) is 16.3. The second-order valence-electron chi connectivity index (χ2n) is 7.26. The molecule has 1 amide bonds. The van der Waals surface area contributed by atoms with Gasteiger partial charge in [0.05, 0.1) is 38.5 Å². The Balaban J connectivity index is 1.53. The van der Waals surface area contributed by atoms with Gasteiger partial charge in [-0.2, -0.15) is 0 Å². The Bertz CT molecular complexity index is 564. The lowest BCUT2D eigenvalue weighted by Crippen LogP contribution is -3.19. The van der Waals surface area contributed by atoms with Crippen LogP contribution in [0.5, 0.6) is 5.75 Å². The average Bonchev–Trinajstić information content (AvgIpc) is 3.15. The molecule has 0 aromatic heterocycles. The first kappa shape index (κ1) is 18.1. The average molecular weight is 346 g/mol. The number of carbonyl (C=O) groups is 1. The third-order valence-electron chi connectivity index (χ3n) is 5.62. The third kappa shape index (κ3) is 4.46. The van der Waals surface area contributed by atoms with Gasteiger partial charge in [0.2, 0.25) is 0 Å². The van der Waals surface area contributed by atoms with Gasteiger partial charge >= 0.3 is 0 Å². The number of ether oxygens (including phenoxy) is 1. The Labute approximate surface area is 151 Å². The highest BCUT2D eigenvalue weighted by atomic mass is 16.5. The molecule has 0 radical (unpaired) electrons. The summed E-state index contributed by atoms with van der Waals surface area (Å²) in [6.07, 6.45) is 4.81. The first-order chi connectivity index (χ1) is 12.2. The van der Waals surface area contributed by atoms with Crippen LogP contribution >= 0.6 is 0 Å². The van der Waals surface area contributed by atoms with Crippen LogP contribution in [0.4, 0.5) is 5.69 Å². The molecule has 1 aromatic rings. The van der Waals surface area contributed by atoms with Gasteiger partial charge in [0.1, 0.15) is 5.75 Å². The molecule has 0 bridgehead atoms. The maximum absolute atomic E-state index is 12.5. The second-order valence-corrected chi connectivity index (χ2v) is 7.26.